The third kappa shape index (κ3) is 2.81. The quantitative estimate of drug-likeness (QED) is 0.596. The summed E-state index contributed by atoms with van der Waals surface area (Å²) in [4.78, 5) is 42.4. The van der Waals surface area contributed by atoms with Crippen LogP contribution in [0.4, 0.5) is 23.7 Å². The summed E-state index contributed by atoms with van der Waals surface area (Å²) in [5.74, 6) is -2.05. The number of methoxy groups -OCH3 is 1. The number of ether oxygens (including phenoxy) is 1. The second-order valence-corrected chi connectivity index (χ2v) is 5.77. The highest BCUT2D eigenvalue weighted by molar-refractivity contribution is 6.22. The fourth-order valence-corrected chi connectivity index (χ4v) is 3.19. The van der Waals surface area contributed by atoms with Crippen LogP contribution < -0.4 is 4.90 Å². The summed E-state index contributed by atoms with van der Waals surface area (Å²) in [6.07, 6.45) is -2.88. The van der Waals surface area contributed by atoms with Gasteiger partial charge < -0.3 is 9.64 Å². The number of urea groups is 1. The van der Waals surface area contributed by atoms with Crippen molar-refractivity contribution in [2.45, 2.75) is 25.1 Å². The number of carbonyl (C=O) groups is 3. The summed E-state index contributed by atoms with van der Waals surface area (Å²) < 4.78 is 42.5. The average molecular weight is 357 g/mol. The van der Waals surface area contributed by atoms with Crippen LogP contribution in [0.5, 0.6) is 0 Å². The lowest BCUT2D eigenvalue weighted by atomic mass is 9.89. The molecule has 2 aliphatic heterocycles. The van der Waals surface area contributed by atoms with Gasteiger partial charge in [0.1, 0.15) is 11.7 Å². The molecule has 3 rings (SSSR count). The molecule has 0 radical (unpaired) electrons. The molecule has 1 aromatic heterocycles. The van der Waals surface area contributed by atoms with E-state index in [1.807, 2.05) is 0 Å². The first-order valence-electron chi connectivity index (χ1n) is 7.51. The molecule has 0 saturated carbocycles. The van der Waals surface area contributed by atoms with Crippen LogP contribution in [0.2, 0.25) is 0 Å². The maximum atomic E-state index is 12.7. The molecule has 0 spiro atoms. The Hall–Kier alpha value is -2.65. The second kappa shape index (κ2) is 6.01. The van der Waals surface area contributed by atoms with Crippen LogP contribution in [-0.4, -0.2) is 47.5 Å². The average Bonchev–Trinajstić information content (AvgIpc) is 2.85. The predicted octanol–water partition coefficient (Wildman–Crippen LogP) is 1.82. The van der Waals surface area contributed by atoms with E-state index < -0.39 is 41.7 Å². The van der Waals surface area contributed by atoms with Crippen molar-refractivity contribution >= 4 is 23.6 Å². The van der Waals surface area contributed by atoms with Crippen LogP contribution in [0.15, 0.2) is 18.3 Å². The van der Waals surface area contributed by atoms with Gasteiger partial charge in [-0.15, -0.1) is 0 Å². The normalized spacial score (nSPS) is 23.7. The minimum absolute atomic E-state index is 0.0685. The van der Waals surface area contributed by atoms with E-state index >= 15 is 0 Å². The van der Waals surface area contributed by atoms with Crippen LogP contribution in [-0.2, 0) is 20.5 Å². The molecule has 3 heterocycles. The van der Waals surface area contributed by atoms with Gasteiger partial charge in [0.15, 0.2) is 0 Å². The number of halogens is 3. The van der Waals surface area contributed by atoms with E-state index in [4.69, 9.17) is 4.74 Å². The van der Waals surface area contributed by atoms with E-state index in [0.717, 1.165) is 17.2 Å². The SMILES string of the molecule is COC(=O)[C@@H]1CCCN2C(=O)N(c3ccc(C(F)(F)F)nc3)C(=O)[C@@H]12. The smallest absolute Gasteiger partial charge is 0.433 e. The van der Waals surface area contributed by atoms with Gasteiger partial charge in [-0.2, -0.15) is 13.2 Å². The van der Waals surface area contributed by atoms with Gasteiger partial charge in [-0.1, -0.05) is 0 Å². The van der Waals surface area contributed by atoms with E-state index in [2.05, 4.69) is 4.98 Å². The molecule has 2 saturated heterocycles. The van der Waals surface area contributed by atoms with Crippen molar-refractivity contribution in [3.63, 3.8) is 0 Å². The summed E-state index contributed by atoms with van der Waals surface area (Å²) in [7, 11) is 1.19. The first-order chi connectivity index (χ1) is 11.8. The monoisotopic (exact) mass is 357 g/mol. The number of esters is 1. The Morgan fingerprint density at radius 2 is 2.04 bits per heavy atom. The number of imide groups is 1. The number of hydrogen-bond acceptors (Lipinski definition) is 5. The highest BCUT2D eigenvalue weighted by atomic mass is 19.4. The minimum atomic E-state index is -4.62. The third-order valence-corrected chi connectivity index (χ3v) is 4.34. The van der Waals surface area contributed by atoms with Gasteiger partial charge in [0.2, 0.25) is 0 Å². The standard InChI is InChI=1S/C15H14F3N3O4/c1-25-13(23)9-3-2-6-20-11(9)12(22)21(14(20)24)8-4-5-10(19-7-8)15(16,17)18/h4-5,7,9,11H,2-3,6H2,1H3/t9-,11-/m1/s1. The van der Waals surface area contributed by atoms with Gasteiger partial charge in [0, 0.05) is 6.54 Å². The molecule has 7 nitrogen and oxygen atoms in total. The number of aromatic nitrogens is 1. The number of rotatable bonds is 2. The van der Waals surface area contributed by atoms with Crippen molar-refractivity contribution in [1.29, 1.82) is 0 Å². The fourth-order valence-electron chi connectivity index (χ4n) is 3.19. The summed E-state index contributed by atoms with van der Waals surface area (Å²) in [6, 6.07) is 0.0310. The van der Waals surface area contributed by atoms with Crippen molar-refractivity contribution in [3.8, 4) is 0 Å². The Balaban J connectivity index is 1.92. The van der Waals surface area contributed by atoms with E-state index in [-0.39, 0.29) is 12.2 Å². The zero-order valence-corrected chi connectivity index (χ0v) is 13.1. The first-order valence-corrected chi connectivity index (χ1v) is 7.51. The van der Waals surface area contributed by atoms with Crippen molar-refractivity contribution in [3.05, 3.63) is 24.0 Å². The van der Waals surface area contributed by atoms with Crippen LogP contribution in [0.1, 0.15) is 18.5 Å². The zero-order chi connectivity index (χ0) is 18.4. The molecule has 0 aliphatic carbocycles. The number of fused-ring (bicyclic) bond motifs is 1. The molecule has 0 unspecified atom stereocenters. The van der Waals surface area contributed by atoms with E-state index in [1.165, 1.54) is 12.0 Å². The number of amides is 3. The molecular weight excluding hydrogens is 343 g/mol. The molecule has 2 atom stereocenters. The maximum Gasteiger partial charge on any atom is 0.433 e. The van der Waals surface area contributed by atoms with Gasteiger partial charge in [0.05, 0.1) is 24.9 Å². The summed E-state index contributed by atoms with van der Waals surface area (Å²) in [5.41, 5.74) is -1.19. The van der Waals surface area contributed by atoms with Crippen LogP contribution in [0.25, 0.3) is 0 Å². The third-order valence-electron chi connectivity index (χ3n) is 4.34. The lowest BCUT2D eigenvalue weighted by Gasteiger charge is -2.31. The van der Waals surface area contributed by atoms with Crippen molar-refractivity contribution in [1.82, 2.24) is 9.88 Å². The number of alkyl halides is 3. The Morgan fingerprint density at radius 3 is 2.60 bits per heavy atom. The summed E-state index contributed by atoms with van der Waals surface area (Å²) >= 11 is 0. The maximum absolute atomic E-state index is 12.7. The molecule has 134 valence electrons. The molecule has 3 amide bonds. The number of anilines is 1. The molecule has 10 heteroatoms. The molecule has 25 heavy (non-hydrogen) atoms. The second-order valence-electron chi connectivity index (χ2n) is 5.77. The molecule has 0 N–H and O–H groups in total. The Labute approximate surface area is 140 Å². The van der Waals surface area contributed by atoms with Crippen LogP contribution in [0.3, 0.4) is 0 Å². The van der Waals surface area contributed by atoms with Crippen molar-refractivity contribution in [2.75, 3.05) is 18.6 Å². The first kappa shape index (κ1) is 17.2. The molecular formula is C15H14F3N3O4. The van der Waals surface area contributed by atoms with Gasteiger partial charge in [-0.25, -0.2) is 14.7 Å². The Kier molecular flexibility index (Phi) is 4.13. The lowest BCUT2D eigenvalue weighted by molar-refractivity contribution is -0.150. The summed E-state index contributed by atoms with van der Waals surface area (Å²) in [6.45, 7) is 0.285. The summed E-state index contributed by atoms with van der Waals surface area (Å²) in [5, 5.41) is 0. The van der Waals surface area contributed by atoms with Gasteiger partial charge in [0.25, 0.3) is 5.91 Å². The van der Waals surface area contributed by atoms with E-state index in [0.29, 0.717) is 18.9 Å². The Morgan fingerprint density at radius 1 is 1.32 bits per heavy atom. The number of hydrogen-bond donors (Lipinski definition) is 0. The van der Waals surface area contributed by atoms with E-state index in [1.54, 1.807) is 0 Å². The minimum Gasteiger partial charge on any atom is -0.469 e. The molecule has 1 aromatic rings. The van der Waals surface area contributed by atoms with E-state index in [9.17, 15) is 27.6 Å². The number of carbonyl (C=O) groups excluding carboxylic acids is 3. The predicted molar refractivity (Wildman–Crippen MR) is 77.4 cm³/mol. The van der Waals surface area contributed by atoms with Crippen LogP contribution >= 0.6 is 0 Å². The number of pyridine rings is 1. The topological polar surface area (TPSA) is 79.8 Å². The molecule has 2 fully saturated rings. The highest BCUT2D eigenvalue weighted by Crippen LogP contribution is 2.35. The van der Waals surface area contributed by atoms with Crippen molar-refractivity contribution < 1.29 is 32.3 Å². The number of nitrogens with zero attached hydrogens (tertiary/aromatic N) is 3. The van der Waals surface area contributed by atoms with Crippen LogP contribution in [0, 0.1) is 5.92 Å². The van der Waals surface area contributed by atoms with Gasteiger partial charge in [-0.05, 0) is 25.0 Å². The molecule has 0 bridgehead atoms. The van der Waals surface area contributed by atoms with Crippen molar-refractivity contribution in [2.24, 2.45) is 5.92 Å². The molecule has 0 aromatic carbocycles. The molecule has 2 aliphatic rings. The Bertz CT molecular complexity index is 720. The van der Waals surface area contributed by atoms with Gasteiger partial charge in [-0.3, -0.25) is 9.59 Å². The highest BCUT2D eigenvalue weighted by Gasteiger charge is 2.53. The lowest BCUT2D eigenvalue weighted by Crippen LogP contribution is -2.48. The number of piperidine rings is 1. The fraction of sp³-hybridized carbons (Fsp3) is 0.467. The zero-order valence-electron chi connectivity index (χ0n) is 13.1. The largest absolute Gasteiger partial charge is 0.469 e. The van der Waals surface area contributed by atoms with Gasteiger partial charge >= 0.3 is 18.2 Å².